The van der Waals surface area contributed by atoms with Crippen molar-refractivity contribution in [3.05, 3.63) is 0 Å². The Kier molecular flexibility index (Phi) is 29.7. The topological polar surface area (TPSA) is 68.3 Å². The fourth-order valence-electron chi connectivity index (χ4n) is 5.92. The highest BCUT2D eigenvalue weighted by Crippen LogP contribution is 2.61. The average molecular weight is 764 g/mol. The lowest BCUT2D eigenvalue weighted by molar-refractivity contribution is -0.0456. The molecule has 0 amide bonds. The van der Waals surface area contributed by atoms with Crippen molar-refractivity contribution in [1.82, 2.24) is 0 Å². The van der Waals surface area contributed by atoms with Crippen molar-refractivity contribution in [2.75, 3.05) is 29.7 Å². The van der Waals surface area contributed by atoms with Crippen LogP contribution in [0.25, 0.3) is 0 Å². The molecule has 0 aromatic carbocycles. The number of hydrogen-bond donors (Lipinski definition) is 0. The lowest BCUT2D eigenvalue weighted by Gasteiger charge is -2.28. The minimum Gasteiger partial charge on any atom is -0.218 e. The van der Waals surface area contributed by atoms with Gasteiger partial charge in [-0.15, -0.1) is 0 Å². The zero-order valence-corrected chi connectivity index (χ0v) is 33.2. The monoisotopic (exact) mass is 763 g/mol. The Bertz CT molecular complexity index is 882. The standard InChI is InChI=1S/C32H68P.C3H2F6O4S2/c1-5-9-13-17-18-19-20-21-22-23-24-28-32-33(29-25-14-10-6-2,30-26-15-11-7-3)31-27-16-12-8-4;4-2(5,6)14(10,11)1-15(12,13)3(7,8)9/h5-32H2,1-4H3;1H2/q+1;. The molecule has 292 valence electrons. The molecule has 0 saturated carbocycles. The summed E-state index contributed by atoms with van der Waals surface area (Å²) in [5.74, 6) is 0. The normalized spacial score (nSPS) is 13.0. The molecule has 0 fully saturated rings. The second-order valence-corrected chi connectivity index (χ2v) is 22.3. The molecule has 0 unspecified atom stereocenters. The largest absolute Gasteiger partial charge is 0.498 e. The molecule has 0 heterocycles. The van der Waals surface area contributed by atoms with Gasteiger partial charge in [0, 0.05) is 7.26 Å². The van der Waals surface area contributed by atoms with Crippen LogP contribution in [-0.4, -0.2) is 57.6 Å². The Hall–Kier alpha value is -0.0900. The molecule has 13 heteroatoms. The minimum atomic E-state index is -6.35. The summed E-state index contributed by atoms with van der Waals surface area (Å²) in [7, 11) is -13.4. The Morgan fingerprint density at radius 1 is 0.354 bits per heavy atom. The Balaban J connectivity index is 0. The smallest absolute Gasteiger partial charge is 0.218 e. The number of unbranched alkanes of at least 4 members (excludes halogenated alkanes) is 20. The zero-order valence-electron chi connectivity index (χ0n) is 30.7. The first kappa shape index (κ1) is 50.0. The van der Waals surface area contributed by atoms with E-state index in [4.69, 9.17) is 0 Å². The van der Waals surface area contributed by atoms with Gasteiger partial charge in [0.15, 0.2) is 5.08 Å². The molecular formula is C35H70F6O4PS2+. The van der Waals surface area contributed by atoms with Gasteiger partial charge in [-0.3, -0.25) is 0 Å². The Morgan fingerprint density at radius 2 is 0.542 bits per heavy atom. The highest BCUT2D eigenvalue weighted by Gasteiger charge is 2.55. The number of rotatable bonds is 30. The van der Waals surface area contributed by atoms with Crippen molar-refractivity contribution in [3.8, 4) is 0 Å². The van der Waals surface area contributed by atoms with Gasteiger partial charge in [0.25, 0.3) is 19.7 Å². The fraction of sp³-hybridized carbons (Fsp3) is 1.00. The number of halogens is 6. The molecule has 0 radical (unpaired) electrons. The van der Waals surface area contributed by atoms with Gasteiger partial charge in [0.05, 0.1) is 24.6 Å². The summed E-state index contributed by atoms with van der Waals surface area (Å²) in [5.41, 5.74) is -12.1. The summed E-state index contributed by atoms with van der Waals surface area (Å²) in [5, 5.41) is -3.03. The summed E-state index contributed by atoms with van der Waals surface area (Å²) in [6.07, 6.45) is 42.1. The number of alkyl halides is 6. The van der Waals surface area contributed by atoms with Crippen LogP contribution in [0.4, 0.5) is 26.3 Å². The maximum absolute atomic E-state index is 11.5. The third-order valence-electron chi connectivity index (χ3n) is 8.96. The molecule has 0 aromatic heterocycles. The highest BCUT2D eigenvalue weighted by atomic mass is 32.3. The van der Waals surface area contributed by atoms with Crippen LogP contribution in [0.5, 0.6) is 0 Å². The molecule has 0 bridgehead atoms. The van der Waals surface area contributed by atoms with Gasteiger partial charge in [-0.2, -0.15) is 26.3 Å². The molecule has 0 rings (SSSR count). The van der Waals surface area contributed by atoms with Crippen LogP contribution >= 0.6 is 7.26 Å². The van der Waals surface area contributed by atoms with E-state index in [0.717, 1.165) is 0 Å². The second-order valence-electron chi connectivity index (χ2n) is 13.5. The summed E-state index contributed by atoms with van der Waals surface area (Å²) >= 11 is 0. The SMILES string of the molecule is CCCCCCCCCCCCCC[P+](CCCCCC)(CCCCCC)CCCCCC.O=S(=O)(CS(=O)(=O)C(F)(F)F)C(F)(F)F. The third kappa shape index (κ3) is 25.8. The van der Waals surface area contributed by atoms with Gasteiger partial charge >= 0.3 is 11.0 Å². The predicted molar refractivity (Wildman–Crippen MR) is 195 cm³/mol. The van der Waals surface area contributed by atoms with Crippen molar-refractivity contribution >= 4 is 26.9 Å². The van der Waals surface area contributed by atoms with Gasteiger partial charge in [-0.25, -0.2) is 16.8 Å². The first-order chi connectivity index (χ1) is 22.4. The maximum Gasteiger partial charge on any atom is 0.498 e. The fourth-order valence-corrected chi connectivity index (χ4v) is 13.5. The molecule has 0 aliphatic carbocycles. The molecule has 0 saturated heterocycles. The molecule has 0 spiro atoms. The minimum absolute atomic E-state index is 0.697. The van der Waals surface area contributed by atoms with Gasteiger partial charge in [0.1, 0.15) is 0 Å². The lowest BCUT2D eigenvalue weighted by atomic mass is 10.1. The van der Waals surface area contributed by atoms with Crippen LogP contribution in [0.15, 0.2) is 0 Å². The number of sulfone groups is 2. The van der Waals surface area contributed by atoms with E-state index in [1.165, 1.54) is 128 Å². The van der Waals surface area contributed by atoms with Gasteiger partial charge in [-0.1, -0.05) is 130 Å². The molecule has 0 aliphatic heterocycles. The third-order valence-corrected chi connectivity index (χ3v) is 17.9. The van der Waals surface area contributed by atoms with E-state index in [2.05, 4.69) is 27.7 Å². The van der Waals surface area contributed by atoms with Crippen molar-refractivity contribution in [3.63, 3.8) is 0 Å². The lowest BCUT2D eigenvalue weighted by Crippen LogP contribution is -2.36. The predicted octanol–water partition coefficient (Wildman–Crippen LogP) is 13.3. The van der Waals surface area contributed by atoms with E-state index in [1.54, 1.807) is 50.3 Å². The van der Waals surface area contributed by atoms with Crippen LogP contribution in [0.2, 0.25) is 0 Å². The van der Waals surface area contributed by atoms with Crippen LogP contribution in [0, 0.1) is 0 Å². The second kappa shape index (κ2) is 28.5. The maximum atomic E-state index is 11.5. The average Bonchev–Trinajstić information content (AvgIpc) is 2.99. The van der Waals surface area contributed by atoms with Crippen molar-refractivity contribution in [2.24, 2.45) is 0 Å². The summed E-state index contributed by atoms with van der Waals surface area (Å²) in [6, 6.07) is 0. The molecule has 4 nitrogen and oxygen atoms in total. The van der Waals surface area contributed by atoms with E-state index in [1.807, 2.05) is 0 Å². The van der Waals surface area contributed by atoms with Crippen LogP contribution in [-0.2, 0) is 19.7 Å². The summed E-state index contributed by atoms with van der Waals surface area (Å²) < 4.78 is 110. The first-order valence-corrected chi connectivity index (χ1v) is 24.7. The number of hydrogen-bond acceptors (Lipinski definition) is 4. The van der Waals surface area contributed by atoms with Crippen LogP contribution in [0.1, 0.15) is 182 Å². The van der Waals surface area contributed by atoms with E-state index < -0.39 is 43.0 Å². The molecule has 0 aliphatic rings. The van der Waals surface area contributed by atoms with Gasteiger partial charge in [-0.05, 0) is 51.4 Å². The van der Waals surface area contributed by atoms with Gasteiger partial charge < -0.3 is 0 Å². The van der Waals surface area contributed by atoms with E-state index >= 15 is 0 Å². The van der Waals surface area contributed by atoms with E-state index in [0.29, 0.717) is 0 Å². The molecule has 0 aromatic rings. The van der Waals surface area contributed by atoms with Crippen molar-refractivity contribution in [1.29, 1.82) is 0 Å². The van der Waals surface area contributed by atoms with E-state index in [-0.39, 0.29) is 0 Å². The summed E-state index contributed by atoms with van der Waals surface area (Å²) in [4.78, 5) is 0. The molecule has 0 atom stereocenters. The van der Waals surface area contributed by atoms with Crippen LogP contribution in [0.3, 0.4) is 0 Å². The first-order valence-electron chi connectivity index (χ1n) is 18.9. The van der Waals surface area contributed by atoms with Crippen molar-refractivity contribution in [2.45, 2.75) is 193 Å². The molecular weight excluding hydrogens is 693 g/mol. The Morgan fingerprint density at radius 3 is 0.750 bits per heavy atom. The van der Waals surface area contributed by atoms with E-state index in [9.17, 15) is 43.2 Å². The zero-order chi connectivity index (χ0) is 37.0. The quantitative estimate of drug-likeness (QED) is 0.0415. The summed E-state index contributed by atoms with van der Waals surface area (Å²) in [6.45, 7) is 9.41. The van der Waals surface area contributed by atoms with Gasteiger partial charge in [0.2, 0.25) is 0 Å². The molecule has 48 heavy (non-hydrogen) atoms. The van der Waals surface area contributed by atoms with Crippen molar-refractivity contribution < 1.29 is 43.2 Å². The van der Waals surface area contributed by atoms with Crippen LogP contribution < -0.4 is 0 Å². The highest BCUT2D eigenvalue weighted by molar-refractivity contribution is 8.08. The molecule has 0 N–H and O–H groups in total. The Labute approximate surface area is 291 Å².